The van der Waals surface area contributed by atoms with Gasteiger partial charge in [0.25, 0.3) is 0 Å². The number of hydrogen-bond donors (Lipinski definition) is 0. The molecule has 0 saturated carbocycles. The quantitative estimate of drug-likeness (QED) is 0.154. The lowest BCUT2D eigenvalue weighted by molar-refractivity contribution is -0.170. The van der Waals surface area contributed by atoms with Gasteiger partial charge in [-0.2, -0.15) is 0 Å². The van der Waals surface area contributed by atoms with Crippen molar-refractivity contribution in [2.75, 3.05) is 20.5 Å². The van der Waals surface area contributed by atoms with Crippen molar-refractivity contribution >= 4 is 17.7 Å². The highest BCUT2D eigenvalue weighted by atomic mass is 16.7. The summed E-state index contributed by atoms with van der Waals surface area (Å²) in [7, 11) is 1.41. The molecule has 40 heavy (non-hydrogen) atoms. The fraction of sp³-hybridized carbons (Fsp3) is 0.355. The van der Waals surface area contributed by atoms with Crippen LogP contribution in [0, 0.1) is 5.92 Å². The monoisotopic (exact) mass is 549 g/mol. The molecule has 2 atom stereocenters. The van der Waals surface area contributed by atoms with E-state index in [4.69, 9.17) is 23.7 Å². The summed E-state index contributed by atoms with van der Waals surface area (Å²) in [6.07, 6.45) is 0.458. The van der Waals surface area contributed by atoms with Crippen molar-refractivity contribution in [3.05, 3.63) is 89.7 Å². The van der Waals surface area contributed by atoms with Gasteiger partial charge in [0.2, 0.25) is 6.79 Å². The molecule has 9 nitrogen and oxygen atoms in total. The van der Waals surface area contributed by atoms with E-state index in [1.54, 1.807) is 13.8 Å². The molecule has 0 radical (unpaired) electrons. The number of nitrogens with zero attached hydrogens (tertiary/aromatic N) is 1. The maximum atomic E-state index is 13.3. The van der Waals surface area contributed by atoms with Crippen LogP contribution in [0.4, 0.5) is 0 Å². The van der Waals surface area contributed by atoms with E-state index in [0.717, 1.165) is 11.1 Å². The van der Waals surface area contributed by atoms with E-state index in [2.05, 4.69) is 4.98 Å². The number of pyridine rings is 1. The first kappa shape index (κ1) is 30.3. The average molecular weight is 550 g/mol. The Morgan fingerprint density at radius 2 is 1.52 bits per heavy atom. The standard InChI is InChI=1S/C31H35NO8/c1-6-39-31(24-13-9-7-10-14-24,25-15-11-8-12-16-25)22(3)40-30(35)21(2)19-26(34)28-29(38-20-37-23(4)33)27(36-5)17-18-32-28/h7-18,21-22H,6,19-20H2,1-5H3/t21-,22+/m1/s1. The zero-order valence-electron chi connectivity index (χ0n) is 23.4. The first-order chi connectivity index (χ1) is 19.2. The van der Waals surface area contributed by atoms with Gasteiger partial charge in [0.05, 0.1) is 13.0 Å². The third-order valence-corrected chi connectivity index (χ3v) is 6.35. The number of carbonyl (C=O) groups excluding carboxylic acids is 3. The van der Waals surface area contributed by atoms with Gasteiger partial charge in [-0.1, -0.05) is 67.6 Å². The average Bonchev–Trinajstić information content (AvgIpc) is 2.96. The maximum absolute atomic E-state index is 13.3. The molecule has 0 aliphatic carbocycles. The van der Waals surface area contributed by atoms with Gasteiger partial charge in [-0.25, -0.2) is 4.98 Å². The van der Waals surface area contributed by atoms with Crippen LogP contribution in [0.25, 0.3) is 0 Å². The molecule has 3 aromatic rings. The second-order valence-corrected chi connectivity index (χ2v) is 9.10. The smallest absolute Gasteiger partial charge is 0.309 e. The van der Waals surface area contributed by atoms with Crippen LogP contribution in [0.5, 0.6) is 11.5 Å². The highest BCUT2D eigenvalue weighted by molar-refractivity contribution is 5.99. The molecule has 0 amide bonds. The zero-order valence-corrected chi connectivity index (χ0v) is 23.4. The number of hydrogen-bond acceptors (Lipinski definition) is 9. The summed E-state index contributed by atoms with van der Waals surface area (Å²) in [6.45, 7) is 6.47. The van der Waals surface area contributed by atoms with E-state index < -0.39 is 42.1 Å². The van der Waals surface area contributed by atoms with E-state index in [1.165, 1.54) is 26.3 Å². The summed E-state index contributed by atoms with van der Waals surface area (Å²) in [5, 5.41) is 0. The summed E-state index contributed by atoms with van der Waals surface area (Å²) >= 11 is 0. The van der Waals surface area contributed by atoms with Gasteiger partial charge in [0.1, 0.15) is 6.10 Å². The number of aromatic nitrogens is 1. The largest absolute Gasteiger partial charge is 0.493 e. The van der Waals surface area contributed by atoms with Crippen molar-refractivity contribution in [2.45, 2.75) is 45.8 Å². The molecule has 0 saturated heterocycles. The Balaban J connectivity index is 1.83. The lowest BCUT2D eigenvalue weighted by Crippen LogP contribution is -2.45. The predicted molar refractivity (Wildman–Crippen MR) is 147 cm³/mol. The van der Waals surface area contributed by atoms with Crippen LogP contribution in [-0.4, -0.2) is 49.3 Å². The van der Waals surface area contributed by atoms with E-state index >= 15 is 0 Å². The summed E-state index contributed by atoms with van der Waals surface area (Å²) in [5.74, 6) is -2.13. The fourth-order valence-corrected chi connectivity index (χ4v) is 4.45. The van der Waals surface area contributed by atoms with Gasteiger partial charge in [0.15, 0.2) is 28.6 Å². The minimum atomic E-state index is -1.07. The Morgan fingerprint density at radius 1 is 0.925 bits per heavy atom. The van der Waals surface area contributed by atoms with E-state index in [9.17, 15) is 14.4 Å². The number of methoxy groups -OCH3 is 1. The number of ether oxygens (including phenoxy) is 5. The van der Waals surface area contributed by atoms with Crippen LogP contribution in [0.15, 0.2) is 72.9 Å². The highest BCUT2D eigenvalue weighted by Gasteiger charge is 2.43. The van der Waals surface area contributed by atoms with Gasteiger partial charge in [-0.05, 0) is 25.0 Å². The first-order valence-corrected chi connectivity index (χ1v) is 13.0. The Labute approximate surface area is 234 Å². The van der Waals surface area contributed by atoms with Crippen LogP contribution in [0.3, 0.4) is 0 Å². The van der Waals surface area contributed by atoms with Crippen molar-refractivity contribution in [3.8, 4) is 11.5 Å². The fourth-order valence-electron chi connectivity index (χ4n) is 4.45. The minimum absolute atomic E-state index is 0.0219. The predicted octanol–water partition coefficient (Wildman–Crippen LogP) is 5.11. The maximum Gasteiger partial charge on any atom is 0.309 e. The molecule has 3 rings (SSSR count). The van der Waals surface area contributed by atoms with Crippen LogP contribution >= 0.6 is 0 Å². The molecule has 1 aromatic heterocycles. The normalized spacial score (nSPS) is 12.6. The van der Waals surface area contributed by atoms with Gasteiger partial charge >= 0.3 is 11.9 Å². The van der Waals surface area contributed by atoms with Gasteiger partial charge < -0.3 is 23.7 Å². The van der Waals surface area contributed by atoms with Crippen LogP contribution in [0.1, 0.15) is 55.7 Å². The van der Waals surface area contributed by atoms with Crippen molar-refractivity contribution in [3.63, 3.8) is 0 Å². The zero-order chi connectivity index (χ0) is 29.1. The molecule has 0 aliphatic heterocycles. The molecule has 0 spiro atoms. The molecule has 0 fully saturated rings. The van der Waals surface area contributed by atoms with Crippen LogP contribution < -0.4 is 9.47 Å². The van der Waals surface area contributed by atoms with Gasteiger partial charge in [-0.15, -0.1) is 0 Å². The molecular formula is C31H35NO8. The van der Waals surface area contributed by atoms with Gasteiger partial charge in [-0.3, -0.25) is 14.4 Å². The Kier molecular flexibility index (Phi) is 10.8. The Hall–Kier alpha value is -4.24. The number of Topliss-reactive ketones (excluding diaryl/α,β-unsaturated/α-hetero) is 1. The Bertz CT molecular complexity index is 1240. The number of rotatable bonds is 14. The first-order valence-electron chi connectivity index (χ1n) is 13.0. The molecule has 0 N–H and O–H groups in total. The topological polar surface area (TPSA) is 110 Å². The lowest BCUT2D eigenvalue weighted by Gasteiger charge is -2.39. The second kappa shape index (κ2) is 14.2. The van der Waals surface area contributed by atoms with Crippen molar-refractivity contribution in [1.82, 2.24) is 4.98 Å². The molecule has 1 heterocycles. The summed E-state index contributed by atoms with van der Waals surface area (Å²) in [4.78, 5) is 41.8. The number of benzene rings is 2. The van der Waals surface area contributed by atoms with Gasteiger partial charge in [0, 0.05) is 32.2 Å². The minimum Gasteiger partial charge on any atom is -0.493 e. The number of esters is 2. The van der Waals surface area contributed by atoms with E-state index in [-0.39, 0.29) is 23.6 Å². The highest BCUT2D eigenvalue weighted by Crippen LogP contribution is 2.39. The van der Waals surface area contributed by atoms with Crippen LogP contribution in [0.2, 0.25) is 0 Å². The molecule has 212 valence electrons. The van der Waals surface area contributed by atoms with E-state index in [0.29, 0.717) is 6.61 Å². The van der Waals surface area contributed by atoms with Crippen molar-refractivity contribution < 1.29 is 38.1 Å². The lowest BCUT2D eigenvalue weighted by atomic mass is 9.81. The number of carbonyl (C=O) groups is 3. The molecule has 0 bridgehead atoms. The molecule has 0 aliphatic rings. The summed E-state index contributed by atoms with van der Waals surface area (Å²) in [6, 6.07) is 20.7. The molecule has 0 unspecified atom stereocenters. The summed E-state index contributed by atoms with van der Waals surface area (Å²) in [5.41, 5.74) is 0.559. The van der Waals surface area contributed by atoms with E-state index in [1.807, 2.05) is 67.6 Å². The SMILES string of the molecule is CCOC(c1ccccc1)(c1ccccc1)[C@H](C)OC(=O)[C@H](C)CC(=O)c1nccc(OC)c1OCOC(C)=O. The van der Waals surface area contributed by atoms with Crippen molar-refractivity contribution in [1.29, 1.82) is 0 Å². The Morgan fingerprint density at radius 3 is 2.05 bits per heavy atom. The van der Waals surface area contributed by atoms with Crippen LogP contribution in [-0.2, 0) is 29.4 Å². The third kappa shape index (κ3) is 7.04. The number of ketones is 1. The molecule has 2 aromatic carbocycles. The second-order valence-electron chi connectivity index (χ2n) is 9.10. The molecular weight excluding hydrogens is 514 g/mol. The van der Waals surface area contributed by atoms with Crippen molar-refractivity contribution in [2.24, 2.45) is 5.92 Å². The molecule has 9 heteroatoms. The summed E-state index contributed by atoms with van der Waals surface area (Å²) < 4.78 is 28.0. The third-order valence-electron chi connectivity index (χ3n) is 6.35.